The maximum Gasteiger partial charge on any atom is 0.116 e. The Kier molecular flexibility index (Phi) is 2.55. The highest BCUT2D eigenvalue weighted by Gasteiger charge is 2.32. The van der Waals surface area contributed by atoms with E-state index in [4.69, 9.17) is 4.74 Å². The standard InChI is InChI=1S/C9H18NO/c1-8(2)7-10-5-6-11-9(10,3)4/h5-7H2,1-4H3. The van der Waals surface area contributed by atoms with Crippen LogP contribution in [0.5, 0.6) is 0 Å². The Hall–Kier alpha value is -0.0800. The molecule has 1 saturated heterocycles. The summed E-state index contributed by atoms with van der Waals surface area (Å²) < 4.78 is 5.57. The Bertz CT molecular complexity index is 132. The van der Waals surface area contributed by atoms with Gasteiger partial charge in [-0.3, -0.25) is 4.90 Å². The van der Waals surface area contributed by atoms with Gasteiger partial charge in [-0.2, -0.15) is 0 Å². The van der Waals surface area contributed by atoms with Crippen LogP contribution in [-0.2, 0) is 4.74 Å². The molecule has 1 rings (SSSR count). The topological polar surface area (TPSA) is 12.5 Å². The Morgan fingerprint density at radius 2 is 2.09 bits per heavy atom. The molecular formula is C9H18NO. The number of ether oxygens (including phenoxy) is 1. The first-order chi connectivity index (χ1) is 5.02. The zero-order valence-corrected chi connectivity index (χ0v) is 7.98. The van der Waals surface area contributed by atoms with Gasteiger partial charge in [-0.1, -0.05) is 13.8 Å². The second-order valence-electron chi connectivity index (χ2n) is 3.92. The van der Waals surface area contributed by atoms with E-state index in [1.165, 1.54) is 5.92 Å². The van der Waals surface area contributed by atoms with Crippen LogP contribution in [0.25, 0.3) is 0 Å². The van der Waals surface area contributed by atoms with Crippen molar-refractivity contribution in [3.05, 3.63) is 5.92 Å². The summed E-state index contributed by atoms with van der Waals surface area (Å²) >= 11 is 0. The monoisotopic (exact) mass is 156 g/mol. The lowest BCUT2D eigenvalue weighted by molar-refractivity contribution is -0.0478. The Labute approximate surface area is 69.5 Å². The molecule has 0 N–H and O–H groups in total. The number of nitrogens with zero attached hydrogens (tertiary/aromatic N) is 1. The number of hydrogen-bond acceptors (Lipinski definition) is 2. The lowest BCUT2D eigenvalue weighted by Gasteiger charge is -2.30. The Balaban J connectivity index is 2.45. The van der Waals surface area contributed by atoms with Crippen LogP contribution in [0.1, 0.15) is 27.7 Å². The van der Waals surface area contributed by atoms with Crippen molar-refractivity contribution in [1.82, 2.24) is 4.90 Å². The molecule has 0 bridgehead atoms. The van der Waals surface area contributed by atoms with Gasteiger partial charge in [-0.05, 0) is 19.8 Å². The smallest absolute Gasteiger partial charge is 0.116 e. The van der Waals surface area contributed by atoms with Crippen LogP contribution in [0.2, 0.25) is 0 Å². The van der Waals surface area contributed by atoms with Crippen molar-refractivity contribution >= 4 is 0 Å². The first-order valence-corrected chi connectivity index (χ1v) is 4.20. The minimum atomic E-state index is -0.0444. The van der Waals surface area contributed by atoms with Crippen LogP contribution < -0.4 is 0 Å². The van der Waals surface area contributed by atoms with E-state index < -0.39 is 0 Å². The van der Waals surface area contributed by atoms with Crippen LogP contribution in [0, 0.1) is 5.92 Å². The van der Waals surface area contributed by atoms with Gasteiger partial charge in [0.15, 0.2) is 0 Å². The van der Waals surface area contributed by atoms with Gasteiger partial charge in [0.25, 0.3) is 0 Å². The van der Waals surface area contributed by atoms with Crippen molar-refractivity contribution < 1.29 is 4.74 Å². The second kappa shape index (κ2) is 3.11. The molecule has 0 aromatic carbocycles. The third kappa shape index (κ3) is 2.17. The molecule has 1 aliphatic rings. The Morgan fingerprint density at radius 3 is 2.45 bits per heavy atom. The van der Waals surface area contributed by atoms with Crippen molar-refractivity contribution in [2.75, 3.05) is 19.7 Å². The Morgan fingerprint density at radius 1 is 1.45 bits per heavy atom. The van der Waals surface area contributed by atoms with Crippen molar-refractivity contribution in [1.29, 1.82) is 0 Å². The molecule has 65 valence electrons. The predicted molar refractivity (Wildman–Crippen MR) is 46.2 cm³/mol. The summed E-state index contributed by atoms with van der Waals surface area (Å²) in [4.78, 5) is 2.36. The van der Waals surface area contributed by atoms with Crippen LogP contribution in [-0.4, -0.2) is 30.3 Å². The van der Waals surface area contributed by atoms with E-state index in [0.29, 0.717) is 0 Å². The van der Waals surface area contributed by atoms with Gasteiger partial charge in [0.2, 0.25) is 0 Å². The number of hydrogen-bond donors (Lipinski definition) is 0. The van der Waals surface area contributed by atoms with Crippen molar-refractivity contribution in [3.8, 4) is 0 Å². The molecule has 11 heavy (non-hydrogen) atoms. The maximum atomic E-state index is 5.57. The van der Waals surface area contributed by atoms with Crippen molar-refractivity contribution in [3.63, 3.8) is 0 Å². The lowest BCUT2D eigenvalue weighted by atomic mass is 10.1. The minimum absolute atomic E-state index is 0.0444. The molecule has 1 radical (unpaired) electrons. The molecule has 2 nitrogen and oxygen atoms in total. The maximum absolute atomic E-state index is 5.57. The van der Waals surface area contributed by atoms with Gasteiger partial charge < -0.3 is 4.74 Å². The molecule has 1 aliphatic heterocycles. The van der Waals surface area contributed by atoms with E-state index in [1.807, 2.05) is 0 Å². The van der Waals surface area contributed by atoms with Gasteiger partial charge >= 0.3 is 0 Å². The molecule has 0 aromatic rings. The number of rotatable bonds is 2. The van der Waals surface area contributed by atoms with E-state index in [0.717, 1.165) is 19.7 Å². The molecule has 1 fully saturated rings. The van der Waals surface area contributed by atoms with Gasteiger partial charge in [0, 0.05) is 13.1 Å². The largest absolute Gasteiger partial charge is 0.360 e. The molecule has 0 atom stereocenters. The van der Waals surface area contributed by atoms with Gasteiger partial charge in [0.1, 0.15) is 5.72 Å². The second-order valence-corrected chi connectivity index (χ2v) is 3.92. The zero-order valence-electron chi connectivity index (χ0n) is 7.98. The van der Waals surface area contributed by atoms with Crippen LogP contribution >= 0.6 is 0 Å². The first kappa shape index (κ1) is 9.01. The summed E-state index contributed by atoms with van der Waals surface area (Å²) in [6.45, 7) is 11.6. The van der Waals surface area contributed by atoms with E-state index in [2.05, 4.69) is 32.6 Å². The molecule has 0 saturated carbocycles. The third-order valence-electron chi connectivity index (χ3n) is 2.09. The van der Waals surface area contributed by atoms with E-state index in [1.54, 1.807) is 0 Å². The average molecular weight is 156 g/mol. The highest BCUT2D eigenvalue weighted by molar-refractivity contribution is 4.88. The van der Waals surface area contributed by atoms with Crippen LogP contribution in [0.15, 0.2) is 0 Å². The highest BCUT2D eigenvalue weighted by Crippen LogP contribution is 2.22. The van der Waals surface area contributed by atoms with Gasteiger partial charge in [-0.25, -0.2) is 0 Å². The van der Waals surface area contributed by atoms with E-state index >= 15 is 0 Å². The van der Waals surface area contributed by atoms with Gasteiger partial charge in [0.05, 0.1) is 6.61 Å². The van der Waals surface area contributed by atoms with E-state index in [-0.39, 0.29) is 5.72 Å². The minimum Gasteiger partial charge on any atom is -0.360 e. The molecule has 0 aliphatic carbocycles. The van der Waals surface area contributed by atoms with Crippen molar-refractivity contribution in [2.24, 2.45) is 0 Å². The molecular weight excluding hydrogens is 138 g/mol. The lowest BCUT2D eigenvalue weighted by Crippen LogP contribution is -2.40. The van der Waals surface area contributed by atoms with Crippen molar-refractivity contribution in [2.45, 2.75) is 33.4 Å². The fourth-order valence-corrected chi connectivity index (χ4v) is 1.42. The molecule has 1 heterocycles. The quantitative estimate of drug-likeness (QED) is 0.603. The summed E-state index contributed by atoms with van der Waals surface area (Å²) in [5.74, 6) is 1.45. The summed E-state index contributed by atoms with van der Waals surface area (Å²) in [5.41, 5.74) is -0.0444. The SMILES string of the molecule is C[C](C)CN1CCOC1(C)C. The summed E-state index contributed by atoms with van der Waals surface area (Å²) in [6, 6.07) is 0. The summed E-state index contributed by atoms with van der Waals surface area (Å²) in [5, 5.41) is 0. The third-order valence-corrected chi connectivity index (χ3v) is 2.09. The predicted octanol–water partition coefficient (Wildman–Crippen LogP) is 1.67. The summed E-state index contributed by atoms with van der Waals surface area (Å²) in [7, 11) is 0. The first-order valence-electron chi connectivity index (χ1n) is 4.20. The van der Waals surface area contributed by atoms with Crippen LogP contribution in [0.4, 0.5) is 0 Å². The zero-order chi connectivity index (χ0) is 8.48. The van der Waals surface area contributed by atoms with Gasteiger partial charge in [-0.15, -0.1) is 0 Å². The fourth-order valence-electron chi connectivity index (χ4n) is 1.42. The highest BCUT2D eigenvalue weighted by atomic mass is 16.5. The molecule has 0 amide bonds. The molecule has 0 aromatic heterocycles. The molecule has 0 unspecified atom stereocenters. The fraction of sp³-hybridized carbons (Fsp3) is 0.889. The average Bonchev–Trinajstić information content (AvgIpc) is 2.10. The van der Waals surface area contributed by atoms with E-state index in [9.17, 15) is 0 Å². The molecule has 0 spiro atoms. The van der Waals surface area contributed by atoms with Crippen LogP contribution in [0.3, 0.4) is 0 Å². The molecule has 2 heteroatoms. The normalized spacial score (nSPS) is 24.8. The summed E-state index contributed by atoms with van der Waals surface area (Å²) in [6.07, 6.45) is 0.